The summed E-state index contributed by atoms with van der Waals surface area (Å²) in [5, 5.41) is 7.31. The summed E-state index contributed by atoms with van der Waals surface area (Å²) in [7, 11) is 4.10. The molecule has 0 aliphatic carbocycles. The molecule has 0 bridgehead atoms. The Kier molecular flexibility index (Phi) is 4.57. The Morgan fingerprint density at radius 1 is 1.23 bits per heavy atom. The lowest BCUT2D eigenvalue weighted by Gasteiger charge is -2.26. The predicted octanol–water partition coefficient (Wildman–Crippen LogP) is 4.06. The second-order valence-electron chi connectivity index (χ2n) is 5.24. The number of rotatable bonds is 5. The number of anilines is 1. The summed E-state index contributed by atoms with van der Waals surface area (Å²) in [5.74, 6) is 0.866. The fourth-order valence-electron chi connectivity index (χ4n) is 2.44. The monoisotopic (exact) mass is 332 g/mol. The lowest BCUT2D eigenvalue weighted by atomic mass is 10.1. The highest BCUT2D eigenvalue weighted by Crippen LogP contribution is 2.28. The van der Waals surface area contributed by atoms with Crippen LogP contribution in [0.15, 0.2) is 42.0 Å². The van der Waals surface area contributed by atoms with Gasteiger partial charge in [0, 0.05) is 11.6 Å². The minimum atomic E-state index is 0.164. The van der Waals surface area contributed by atoms with Gasteiger partial charge < -0.3 is 10.2 Å². The third kappa shape index (κ3) is 3.06. The molecule has 3 rings (SSSR count). The van der Waals surface area contributed by atoms with Crippen LogP contribution in [0.2, 0.25) is 5.02 Å². The summed E-state index contributed by atoms with van der Waals surface area (Å²) in [5.41, 5.74) is 1.11. The highest BCUT2D eigenvalue weighted by atomic mass is 35.5. The zero-order valence-electron chi connectivity index (χ0n) is 12.5. The predicted molar refractivity (Wildman–Crippen MR) is 93.8 cm³/mol. The van der Waals surface area contributed by atoms with E-state index in [0.717, 1.165) is 33.2 Å². The highest BCUT2D eigenvalue weighted by molar-refractivity contribution is 7.16. The van der Waals surface area contributed by atoms with Crippen molar-refractivity contribution in [1.82, 2.24) is 14.9 Å². The van der Waals surface area contributed by atoms with Crippen molar-refractivity contribution in [2.24, 2.45) is 0 Å². The molecule has 1 aromatic carbocycles. The Balaban J connectivity index is 1.84. The molecular weight excluding hydrogens is 316 g/mol. The Morgan fingerprint density at radius 2 is 2.05 bits per heavy atom. The van der Waals surface area contributed by atoms with Crippen LogP contribution in [0.25, 0.3) is 10.2 Å². The molecule has 114 valence electrons. The van der Waals surface area contributed by atoms with Crippen molar-refractivity contribution in [2.75, 3.05) is 26.0 Å². The molecule has 3 aromatic rings. The fourth-order valence-corrected chi connectivity index (χ4v) is 3.43. The first-order valence-corrected chi connectivity index (χ1v) is 8.25. The van der Waals surface area contributed by atoms with Gasteiger partial charge in [-0.3, -0.25) is 0 Å². The van der Waals surface area contributed by atoms with Crippen LogP contribution in [-0.4, -0.2) is 35.5 Å². The number of hydrogen-bond donors (Lipinski definition) is 1. The van der Waals surface area contributed by atoms with E-state index in [9.17, 15) is 0 Å². The standard InChI is InChI=1S/C16H17ClN4S/c1-21(2)14(11-5-3-4-6-13(11)17)9-18-15-12-7-8-22-16(12)20-10-19-15/h3-8,10,14H,9H2,1-2H3,(H,18,19,20). The zero-order chi connectivity index (χ0) is 15.5. The van der Waals surface area contributed by atoms with E-state index in [1.165, 1.54) is 0 Å². The lowest BCUT2D eigenvalue weighted by molar-refractivity contribution is 0.312. The van der Waals surface area contributed by atoms with Gasteiger partial charge in [0.25, 0.3) is 0 Å². The first kappa shape index (κ1) is 15.2. The van der Waals surface area contributed by atoms with E-state index in [1.807, 2.05) is 29.6 Å². The summed E-state index contributed by atoms with van der Waals surface area (Å²) in [4.78, 5) is 11.8. The van der Waals surface area contributed by atoms with Gasteiger partial charge in [0.05, 0.1) is 11.4 Å². The highest BCUT2D eigenvalue weighted by Gasteiger charge is 2.17. The van der Waals surface area contributed by atoms with Crippen molar-refractivity contribution in [2.45, 2.75) is 6.04 Å². The van der Waals surface area contributed by atoms with Crippen LogP contribution in [0.5, 0.6) is 0 Å². The van der Waals surface area contributed by atoms with Crippen molar-refractivity contribution in [3.8, 4) is 0 Å². The van der Waals surface area contributed by atoms with Crippen molar-refractivity contribution in [3.05, 3.63) is 52.6 Å². The minimum Gasteiger partial charge on any atom is -0.368 e. The molecule has 0 spiro atoms. The molecule has 1 N–H and O–H groups in total. The number of thiophene rings is 1. The van der Waals surface area contributed by atoms with E-state index in [4.69, 9.17) is 11.6 Å². The maximum absolute atomic E-state index is 6.34. The largest absolute Gasteiger partial charge is 0.368 e. The van der Waals surface area contributed by atoms with Crippen LogP contribution < -0.4 is 5.32 Å². The number of halogens is 1. The zero-order valence-corrected chi connectivity index (χ0v) is 14.0. The van der Waals surface area contributed by atoms with E-state index in [-0.39, 0.29) is 6.04 Å². The van der Waals surface area contributed by atoms with Gasteiger partial charge in [0.15, 0.2) is 0 Å². The summed E-state index contributed by atoms with van der Waals surface area (Å²) in [6, 6.07) is 10.2. The maximum Gasteiger partial charge on any atom is 0.138 e. The number of fused-ring (bicyclic) bond motifs is 1. The normalized spacial score (nSPS) is 12.7. The average molecular weight is 333 g/mol. The molecule has 2 heterocycles. The quantitative estimate of drug-likeness (QED) is 0.765. The molecule has 22 heavy (non-hydrogen) atoms. The number of aromatic nitrogens is 2. The first-order valence-electron chi connectivity index (χ1n) is 6.99. The SMILES string of the molecule is CN(C)C(CNc1ncnc2sccc12)c1ccccc1Cl. The fraction of sp³-hybridized carbons (Fsp3) is 0.250. The number of nitrogens with one attached hydrogen (secondary N) is 1. The van der Waals surface area contributed by atoms with Crippen molar-refractivity contribution >= 4 is 39.0 Å². The first-order chi connectivity index (χ1) is 10.7. The average Bonchev–Trinajstić information content (AvgIpc) is 2.98. The molecule has 0 fully saturated rings. The number of benzene rings is 1. The van der Waals surface area contributed by atoms with Crippen molar-refractivity contribution < 1.29 is 0 Å². The lowest BCUT2D eigenvalue weighted by Crippen LogP contribution is -2.27. The molecule has 2 aromatic heterocycles. The van der Waals surface area contributed by atoms with Gasteiger partial charge in [0.2, 0.25) is 0 Å². The van der Waals surface area contributed by atoms with E-state index in [0.29, 0.717) is 0 Å². The van der Waals surface area contributed by atoms with Crippen LogP contribution >= 0.6 is 22.9 Å². The molecule has 0 aliphatic rings. The molecule has 1 atom stereocenters. The van der Waals surface area contributed by atoms with Crippen LogP contribution in [0.1, 0.15) is 11.6 Å². The van der Waals surface area contributed by atoms with Crippen LogP contribution in [0.4, 0.5) is 5.82 Å². The molecular formula is C16H17ClN4S. The third-order valence-electron chi connectivity index (χ3n) is 3.61. The Bertz CT molecular complexity index is 771. The molecule has 0 aliphatic heterocycles. The second kappa shape index (κ2) is 6.60. The molecule has 0 saturated heterocycles. The molecule has 0 radical (unpaired) electrons. The minimum absolute atomic E-state index is 0.164. The van der Waals surface area contributed by atoms with Gasteiger partial charge in [0.1, 0.15) is 17.0 Å². The van der Waals surface area contributed by atoms with Gasteiger partial charge >= 0.3 is 0 Å². The Labute approximate surface area is 138 Å². The summed E-state index contributed by atoms with van der Waals surface area (Å²) in [6.45, 7) is 0.721. The number of hydrogen-bond acceptors (Lipinski definition) is 5. The van der Waals surface area contributed by atoms with Gasteiger partial charge in [-0.2, -0.15) is 0 Å². The van der Waals surface area contributed by atoms with E-state index in [2.05, 4.69) is 40.3 Å². The molecule has 1 unspecified atom stereocenters. The third-order valence-corrected chi connectivity index (χ3v) is 4.78. The summed E-state index contributed by atoms with van der Waals surface area (Å²) >= 11 is 7.96. The van der Waals surface area contributed by atoms with Crippen molar-refractivity contribution in [3.63, 3.8) is 0 Å². The van der Waals surface area contributed by atoms with Gasteiger partial charge in [-0.15, -0.1) is 11.3 Å². The Hall–Kier alpha value is -1.69. The van der Waals surface area contributed by atoms with Crippen molar-refractivity contribution in [1.29, 1.82) is 0 Å². The maximum atomic E-state index is 6.34. The summed E-state index contributed by atoms with van der Waals surface area (Å²) in [6.07, 6.45) is 1.60. The smallest absolute Gasteiger partial charge is 0.138 e. The Morgan fingerprint density at radius 3 is 2.82 bits per heavy atom. The van der Waals surface area contributed by atoms with Crippen LogP contribution in [-0.2, 0) is 0 Å². The van der Waals surface area contributed by atoms with Gasteiger partial charge in [-0.1, -0.05) is 29.8 Å². The van der Waals surface area contributed by atoms with Gasteiger partial charge in [-0.25, -0.2) is 9.97 Å². The topological polar surface area (TPSA) is 41.0 Å². The van der Waals surface area contributed by atoms with E-state index in [1.54, 1.807) is 17.7 Å². The van der Waals surface area contributed by atoms with Gasteiger partial charge in [-0.05, 0) is 37.2 Å². The van der Waals surface area contributed by atoms with E-state index < -0.39 is 0 Å². The second-order valence-corrected chi connectivity index (χ2v) is 6.55. The molecule has 6 heteroatoms. The van der Waals surface area contributed by atoms with Crippen LogP contribution in [0.3, 0.4) is 0 Å². The number of likely N-dealkylation sites (N-methyl/N-ethyl adjacent to an activating group) is 1. The summed E-state index contributed by atoms with van der Waals surface area (Å²) < 4.78 is 0. The molecule has 0 saturated carbocycles. The van der Waals surface area contributed by atoms with E-state index >= 15 is 0 Å². The number of nitrogens with zero attached hydrogens (tertiary/aromatic N) is 3. The molecule has 4 nitrogen and oxygen atoms in total. The molecule has 0 amide bonds. The van der Waals surface area contributed by atoms with Crippen LogP contribution in [0, 0.1) is 0 Å².